The number of aromatic nitrogens is 2. The van der Waals surface area contributed by atoms with Crippen LogP contribution in [0.4, 0.5) is 0 Å². The average molecular weight is 311 g/mol. The number of thioether (sulfide) groups is 1. The first-order valence-corrected chi connectivity index (χ1v) is 7.97. The van der Waals surface area contributed by atoms with E-state index in [1.54, 1.807) is 0 Å². The summed E-state index contributed by atoms with van der Waals surface area (Å²) in [5.74, 6) is 4.66. The molecule has 2 nitrogen and oxygen atoms in total. The van der Waals surface area contributed by atoms with Gasteiger partial charge in [-0.25, -0.2) is 4.98 Å². The fourth-order valence-electron chi connectivity index (χ4n) is 2.38. The molecule has 0 N–H and O–H groups in total. The number of imidazole rings is 1. The summed E-state index contributed by atoms with van der Waals surface area (Å²) in [6.45, 7) is 0. The molecule has 0 saturated carbocycles. The molecule has 90 valence electrons. The molecule has 0 aromatic carbocycles. The maximum atomic E-state index is 4.57. The smallest absolute Gasteiger partial charge is 0.113 e. The highest BCUT2D eigenvalue weighted by Crippen LogP contribution is 2.26. The normalized spacial score (nSPS) is 17.7. The Labute approximate surface area is 114 Å². The molecule has 3 heterocycles. The summed E-state index contributed by atoms with van der Waals surface area (Å²) >= 11 is 5.61. The van der Waals surface area contributed by atoms with Gasteiger partial charge in [-0.1, -0.05) is 0 Å². The van der Waals surface area contributed by atoms with Gasteiger partial charge < -0.3 is 4.40 Å². The number of pyridine rings is 1. The second-order valence-corrected chi connectivity index (χ2v) is 6.72. The lowest BCUT2D eigenvalue weighted by Crippen LogP contribution is -2.13. The lowest BCUT2D eigenvalue weighted by atomic mass is 9.98. The van der Waals surface area contributed by atoms with Crippen LogP contribution in [0.25, 0.3) is 5.52 Å². The average Bonchev–Trinajstić information content (AvgIpc) is 2.73. The Hall–Kier alpha value is -0.480. The van der Waals surface area contributed by atoms with Gasteiger partial charge in [0.05, 0.1) is 11.7 Å². The third-order valence-electron chi connectivity index (χ3n) is 3.38. The van der Waals surface area contributed by atoms with Gasteiger partial charge in [0.15, 0.2) is 0 Å². The van der Waals surface area contributed by atoms with Crippen molar-refractivity contribution in [3.63, 3.8) is 0 Å². The van der Waals surface area contributed by atoms with Gasteiger partial charge in [0.1, 0.15) is 5.82 Å². The molecule has 0 unspecified atom stereocenters. The van der Waals surface area contributed by atoms with Gasteiger partial charge in [-0.05, 0) is 58.3 Å². The Morgan fingerprint density at radius 3 is 3.00 bits per heavy atom. The van der Waals surface area contributed by atoms with Crippen molar-refractivity contribution in [2.45, 2.75) is 19.3 Å². The Kier molecular flexibility index (Phi) is 3.43. The molecule has 0 atom stereocenters. The lowest BCUT2D eigenvalue weighted by Gasteiger charge is -2.20. The second kappa shape index (κ2) is 5.02. The highest BCUT2D eigenvalue weighted by molar-refractivity contribution is 9.10. The first kappa shape index (κ1) is 11.6. The van der Waals surface area contributed by atoms with Crippen molar-refractivity contribution in [2.24, 2.45) is 5.92 Å². The van der Waals surface area contributed by atoms with Gasteiger partial charge in [0.2, 0.25) is 0 Å². The molecule has 0 aliphatic carbocycles. The quantitative estimate of drug-likeness (QED) is 0.839. The van der Waals surface area contributed by atoms with Gasteiger partial charge in [-0.15, -0.1) is 0 Å². The van der Waals surface area contributed by atoms with E-state index in [2.05, 4.69) is 55.4 Å². The van der Waals surface area contributed by atoms with E-state index in [0.717, 1.165) is 16.8 Å². The molecular formula is C13H15BrN2S. The zero-order valence-corrected chi connectivity index (χ0v) is 12.0. The standard InChI is InChI=1S/C13H15BrN2S/c14-11-1-2-12-8-15-13(16(12)9-11)7-10-3-5-17-6-4-10/h1-2,8-10H,3-7H2. The zero-order chi connectivity index (χ0) is 11.7. The lowest BCUT2D eigenvalue weighted by molar-refractivity contribution is 0.475. The van der Waals surface area contributed by atoms with Gasteiger partial charge in [-0.3, -0.25) is 0 Å². The predicted molar refractivity (Wildman–Crippen MR) is 76.6 cm³/mol. The summed E-state index contributed by atoms with van der Waals surface area (Å²) < 4.78 is 3.33. The Balaban J connectivity index is 1.86. The number of fused-ring (bicyclic) bond motifs is 1. The first-order valence-electron chi connectivity index (χ1n) is 6.02. The van der Waals surface area contributed by atoms with E-state index in [4.69, 9.17) is 0 Å². The maximum Gasteiger partial charge on any atom is 0.113 e. The molecule has 2 aromatic rings. The number of hydrogen-bond donors (Lipinski definition) is 0. The Morgan fingerprint density at radius 2 is 2.18 bits per heavy atom. The van der Waals surface area contributed by atoms with Crippen molar-refractivity contribution in [3.8, 4) is 0 Å². The van der Waals surface area contributed by atoms with Crippen LogP contribution in [0, 0.1) is 5.92 Å². The number of hydrogen-bond acceptors (Lipinski definition) is 2. The largest absolute Gasteiger partial charge is 0.303 e. The third kappa shape index (κ3) is 2.52. The van der Waals surface area contributed by atoms with Crippen molar-refractivity contribution in [1.82, 2.24) is 9.38 Å². The molecular weight excluding hydrogens is 296 g/mol. The summed E-state index contributed by atoms with van der Waals surface area (Å²) in [5, 5.41) is 0. The summed E-state index contributed by atoms with van der Waals surface area (Å²) in [6.07, 6.45) is 7.89. The predicted octanol–water partition coefficient (Wildman–Crippen LogP) is 3.78. The third-order valence-corrected chi connectivity index (χ3v) is 4.90. The number of nitrogens with zero attached hydrogens (tertiary/aromatic N) is 2. The molecule has 2 aromatic heterocycles. The molecule has 1 aliphatic heterocycles. The molecule has 4 heteroatoms. The number of rotatable bonds is 2. The SMILES string of the molecule is Brc1ccc2cnc(CC3CCSCC3)n2c1. The van der Waals surface area contributed by atoms with Crippen molar-refractivity contribution in [1.29, 1.82) is 0 Å². The van der Waals surface area contributed by atoms with Gasteiger partial charge in [0.25, 0.3) is 0 Å². The van der Waals surface area contributed by atoms with Gasteiger partial charge >= 0.3 is 0 Å². The van der Waals surface area contributed by atoms with E-state index < -0.39 is 0 Å². The molecule has 0 bridgehead atoms. The zero-order valence-electron chi connectivity index (χ0n) is 9.60. The maximum absolute atomic E-state index is 4.57. The highest BCUT2D eigenvalue weighted by atomic mass is 79.9. The Morgan fingerprint density at radius 1 is 1.35 bits per heavy atom. The summed E-state index contributed by atoms with van der Waals surface area (Å²) in [7, 11) is 0. The van der Waals surface area contributed by atoms with E-state index in [1.807, 2.05) is 6.20 Å². The van der Waals surface area contributed by atoms with Crippen LogP contribution in [0.15, 0.2) is 29.0 Å². The van der Waals surface area contributed by atoms with Crippen LogP contribution in [-0.2, 0) is 6.42 Å². The van der Waals surface area contributed by atoms with E-state index in [1.165, 1.54) is 35.7 Å². The minimum absolute atomic E-state index is 0.820. The topological polar surface area (TPSA) is 17.3 Å². The molecule has 0 radical (unpaired) electrons. The van der Waals surface area contributed by atoms with Crippen molar-refractivity contribution >= 4 is 33.2 Å². The van der Waals surface area contributed by atoms with Crippen LogP contribution >= 0.6 is 27.7 Å². The van der Waals surface area contributed by atoms with Crippen molar-refractivity contribution in [3.05, 3.63) is 34.8 Å². The molecule has 0 amide bonds. The van der Waals surface area contributed by atoms with E-state index in [9.17, 15) is 0 Å². The van der Waals surface area contributed by atoms with Crippen LogP contribution in [0.2, 0.25) is 0 Å². The second-order valence-electron chi connectivity index (χ2n) is 4.58. The van der Waals surface area contributed by atoms with Gasteiger partial charge in [0, 0.05) is 17.1 Å². The van der Waals surface area contributed by atoms with Crippen molar-refractivity contribution < 1.29 is 0 Å². The summed E-state index contributed by atoms with van der Waals surface area (Å²) in [5.41, 5.74) is 1.19. The molecule has 1 saturated heterocycles. The summed E-state index contributed by atoms with van der Waals surface area (Å²) in [6, 6.07) is 4.18. The minimum atomic E-state index is 0.820. The molecule has 1 aliphatic rings. The van der Waals surface area contributed by atoms with Crippen LogP contribution in [0.5, 0.6) is 0 Å². The fraction of sp³-hybridized carbons (Fsp3) is 0.462. The van der Waals surface area contributed by atoms with Crippen LogP contribution in [0.1, 0.15) is 18.7 Å². The van der Waals surface area contributed by atoms with Gasteiger partial charge in [-0.2, -0.15) is 11.8 Å². The van der Waals surface area contributed by atoms with E-state index >= 15 is 0 Å². The first-order chi connectivity index (χ1) is 8.33. The van der Waals surface area contributed by atoms with Crippen LogP contribution < -0.4 is 0 Å². The summed E-state index contributed by atoms with van der Waals surface area (Å²) in [4.78, 5) is 4.57. The fourth-order valence-corrected chi connectivity index (χ4v) is 3.92. The minimum Gasteiger partial charge on any atom is -0.303 e. The Bertz CT molecular complexity index is 517. The van der Waals surface area contributed by atoms with Crippen LogP contribution in [0.3, 0.4) is 0 Å². The van der Waals surface area contributed by atoms with E-state index in [-0.39, 0.29) is 0 Å². The molecule has 0 spiro atoms. The molecule has 17 heavy (non-hydrogen) atoms. The van der Waals surface area contributed by atoms with Crippen LogP contribution in [-0.4, -0.2) is 20.9 Å². The van der Waals surface area contributed by atoms with E-state index in [0.29, 0.717) is 0 Å². The molecule has 1 fully saturated rings. The highest BCUT2D eigenvalue weighted by Gasteiger charge is 2.16. The molecule has 3 rings (SSSR count). The number of halogens is 1. The van der Waals surface area contributed by atoms with Crippen molar-refractivity contribution in [2.75, 3.05) is 11.5 Å². The monoisotopic (exact) mass is 310 g/mol.